The number of anilines is 2. The average molecular weight is 469 g/mol. The first-order chi connectivity index (χ1) is 15.8. The van der Waals surface area contributed by atoms with Gasteiger partial charge in [0.25, 0.3) is 11.8 Å². The van der Waals surface area contributed by atoms with Gasteiger partial charge in [0, 0.05) is 24.8 Å². The summed E-state index contributed by atoms with van der Waals surface area (Å²) < 4.78 is 40.6. The summed E-state index contributed by atoms with van der Waals surface area (Å²) in [5.74, 6) is -1.71. The topological polar surface area (TPSA) is 108 Å². The lowest BCUT2D eigenvalue weighted by Crippen LogP contribution is -2.27. The number of halogens is 1. The van der Waals surface area contributed by atoms with Crippen LogP contribution < -0.4 is 10.6 Å². The van der Waals surface area contributed by atoms with Crippen molar-refractivity contribution in [2.24, 2.45) is 0 Å². The van der Waals surface area contributed by atoms with Crippen LogP contribution in [0.1, 0.15) is 33.7 Å². The first-order valence-corrected chi connectivity index (χ1v) is 11.7. The second kappa shape index (κ2) is 9.47. The smallest absolute Gasteiger partial charge is 0.274 e. The summed E-state index contributed by atoms with van der Waals surface area (Å²) in [6.45, 7) is 0.967. The van der Waals surface area contributed by atoms with Crippen molar-refractivity contribution in [3.05, 3.63) is 83.9 Å². The Morgan fingerprint density at radius 2 is 1.58 bits per heavy atom. The van der Waals surface area contributed by atoms with Gasteiger partial charge in [0.1, 0.15) is 11.5 Å². The third kappa shape index (κ3) is 5.07. The van der Waals surface area contributed by atoms with Crippen LogP contribution in [0.4, 0.5) is 15.8 Å². The molecule has 170 valence electrons. The van der Waals surface area contributed by atoms with E-state index in [1.807, 2.05) is 0 Å². The number of pyridine rings is 1. The minimum absolute atomic E-state index is 0.0537. The van der Waals surface area contributed by atoms with Crippen molar-refractivity contribution in [2.75, 3.05) is 23.7 Å². The number of aromatic nitrogens is 1. The Morgan fingerprint density at radius 1 is 0.879 bits per heavy atom. The van der Waals surface area contributed by atoms with Crippen molar-refractivity contribution < 1.29 is 22.4 Å². The lowest BCUT2D eigenvalue weighted by atomic mass is 10.2. The highest BCUT2D eigenvalue weighted by Gasteiger charge is 2.27. The summed E-state index contributed by atoms with van der Waals surface area (Å²) in [6.07, 6.45) is 3.12. The first-order valence-electron chi connectivity index (χ1n) is 10.3. The highest BCUT2D eigenvalue weighted by atomic mass is 32.2. The van der Waals surface area contributed by atoms with Crippen LogP contribution in [0.15, 0.2) is 71.8 Å². The monoisotopic (exact) mass is 468 g/mol. The van der Waals surface area contributed by atoms with Crippen molar-refractivity contribution >= 4 is 33.2 Å². The first kappa shape index (κ1) is 22.6. The SMILES string of the molecule is O=C(Nc1cc(F)ccc1NC(=O)c1ccccn1)c1ccc(S(=O)(=O)N2CCCC2)cc1. The molecular formula is C23H21FN4O4S. The van der Waals surface area contributed by atoms with E-state index in [0.29, 0.717) is 13.1 Å². The van der Waals surface area contributed by atoms with E-state index in [9.17, 15) is 22.4 Å². The number of nitrogens with one attached hydrogen (secondary N) is 2. The quantitative estimate of drug-likeness (QED) is 0.576. The van der Waals surface area contributed by atoms with Crippen LogP contribution in [-0.2, 0) is 10.0 Å². The van der Waals surface area contributed by atoms with Gasteiger partial charge in [-0.3, -0.25) is 14.6 Å². The predicted octanol–water partition coefficient (Wildman–Crippen LogP) is 3.51. The fraction of sp³-hybridized carbons (Fsp3) is 0.174. The standard InChI is InChI=1S/C23H21FN4O4S/c24-17-8-11-19(26-23(30)20-5-1-2-12-25-20)21(15-17)27-22(29)16-6-9-18(10-7-16)33(31,32)28-13-3-4-14-28/h1-2,5-12,15H,3-4,13-14H2,(H,26,30)(H,27,29). The molecule has 4 rings (SSSR count). The molecule has 33 heavy (non-hydrogen) atoms. The van der Waals surface area contributed by atoms with Crippen LogP contribution in [0.5, 0.6) is 0 Å². The van der Waals surface area contributed by atoms with E-state index in [4.69, 9.17) is 0 Å². The normalized spacial score (nSPS) is 14.1. The Morgan fingerprint density at radius 3 is 2.24 bits per heavy atom. The molecule has 0 radical (unpaired) electrons. The molecule has 3 aromatic rings. The van der Waals surface area contributed by atoms with Gasteiger partial charge in [-0.15, -0.1) is 0 Å². The Kier molecular flexibility index (Phi) is 6.47. The van der Waals surface area contributed by atoms with E-state index in [0.717, 1.165) is 25.0 Å². The molecule has 0 atom stereocenters. The van der Waals surface area contributed by atoms with Gasteiger partial charge in [-0.25, -0.2) is 12.8 Å². The molecule has 8 nitrogen and oxygen atoms in total. The van der Waals surface area contributed by atoms with E-state index in [-0.39, 0.29) is 27.5 Å². The Hall–Kier alpha value is -3.63. The van der Waals surface area contributed by atoms with Gasteiger partial charge in [-0.2, -0.15) is 4.31 Å². The Balaban J connectivity index is 1.51. The molecule has 0 spiro atoms. The van der Waals surface area contributed by atoms with Crippen molar-refractivity contribution in [3.63, 3.8) is 0 Å². The van der Waals surface area contributed by atoms with Gasteiger partial charge in [-0.05, 0) is 67.4 Å². The van der Waals surface area contributed by atoms with Crippen molar-refractivity contribution in [2.45, 2.75) is 17.7 Å². The molecular weight excluding hydrogens is 447 g/mol. The Bertz CT molecular complexity index is 1280. The molecule has 0 unspecified atom stereocenters. The average Bonchev–Trinajstić information content (AvgIpc) is 3.37. The lowest BCUT2D eigenvalue weighted by molar-refractivity contribution is 0.101. The highest BCUT2D eigenvalue weighted by molar-refractivity contribution is 7.89. The number of rotatable bonds is 6. The van der Waals surface area contributed by atoms with Gasteiger partial charge >= 0.3 is 0 Å². The number of carbonyl (C=O) groups is 2. The molecule has 0 saturated carbocycles. The van der Waals surface area contributed by atoms with Gasteiger partial charge in [0.15, 0.2) is 0 Å². The minimum atomic E-state index is -3.59. The molecule has 0 aliphatic carbocycles. The molecule has 1 saturated heterocycles. The van der Waals surface area contributed by atoms with Gasteiger partial charge < -0.3 is 10.6 Å². The second-order valence-electron chi connectivity index (χ2n) is 7.45. The van der Waals surface area contributed by atoms with Crippen LogP contribution in [-0.4, -0.2) is 42.6 Å². The van der Waals surface area contributed by atoms with E-state index in [1.165, 1.54) is 46.9 Å². The maximum absolute atomic E-state index is 13.8. The van der Waals surface area contributed by atoms with E-state index in [1.54, 1.807) is 12.1 Å². The predicted molar refractivity (Wildman–Crippen MR) is 121 cm³/mol. The molecule has 1 fully saturated rings. The van der Waals surface area contributed by atoms with Gasteiger partial charge in [-0.1, -0.05) is 6.07 Å². The number of nitrogens with zero attached hydrogens (tertiary/aromatic N) is 2. The van der Waals surface area contributed by atoms with Crippen LogP contribution in [0.2, 0.25) is 0 Å². The maximum atomic E-state index is 13.8. The molecule has 0 bridgehead atoms. The molecule has 2 amide bonds. The number of benzene rings is 2. The lowest BCUT2D eigenvalue weighted by Gasteiger charge is -2.16. The molecule has 2 N–H and O–H groups in total. The van der Waals surface area contributed by atoms with E-state index in [2.05, 4.69) is 15.6 Å². The summed E-state index contributed by atoms with van der Waals surface area (Å²) in [5, 5.41) is 5.17. The molecule has 10 heteroatoms. The summed E-state index contributed by atoms with van der Waals surface area (Å²) in [4.78, 5) is 29.2. The van der Waals surface area contributed by atoms with Crippen LogP contribution >= 0.6 is 0 Å². The zero-order valence-electron chi connectivity index (χ0n) is 17.5. The van der Waals surface area contributed by atoms with Crippen molar-refractivity contribution in [3.8, 4) is 0 Å². The molecule has 2 heterocycles. The molecule has 1 aliphatic rings. The third-order valence-corrected chi connectivity index (χ3v) is 7.11. The van der Waals surface area contributed by atoms with Crippen molar-refractivity contribution in [1.29, 1.82) is 0 Å². The summed E-state index contributed by atoms with van der Waals surface area (Å²) in [6, 6.07) is 13.9. The number of sulfonamides is 1. The molecule has 1 aliphatic heterocycles. The van der Waals surface area contributed by atoms with E-state index >= 15 is 0 Å². The Labute approximate surface area is 190 Å². The number of amides is 2. The number of hydrogen-bond acceptors (Lipinski definition) is 5. The van der Waals surface area contributed by atoms with Crippen LogP contribution in [0, 0.1) is 5.82 Å². The third-order valence-electron chi connectivity index (χ3n) is 5.19. The fourth-order valence-electron chi connectivity index (χ4n) is 3.46. The minimum Gasteiger partial charge on any atom is -0.320 e. The van der Waals surface area contributed by atoms with E-state index < -0.39 is 27.7 Å². The summed E-state index contributed by atoms with van der Waals surface area (Å²) in [7, 11) is -3.59. The second-order valence-corrected chi connectivity index (χ2v) is 9.39. The van der Waals surface area contributed by atoms with Crippen LogP contribution in [0.3, 0.4) is 0 Å². The summed E-state index contributed by atoms with van der Waals surface area (Å²) in [5.41, 5.74) is 0.585. The van der Waals surface area contributed by atoms with Crippen LogP contribution in [0.25, 0.3) is 0 Å². The highest BCUT2D eigenvalue weighted by Crippen LogP contribution is 2.25. The number of carbonyl (C=O) groups excluding carboxylic acids is 2. The maximum Gasteiger partial charge on any atom is 0.274 e. The molecule has 1 aromatic heterocycles. The van der Waals surface area contributed by atoms with Gasteiger partial charge in [0.2, 0.25) is 10.0 Å². The number of hydrogen-bond donors (Lipinski definition) is 2. The fourth-order valence-corrected chi connectivity index (χ4v) is 4.98. The molecule has 2 aromatic carbocycles. The zero-order valence-corrected chi connectivity index (χ0v) is 18.3. The summed E-state index contributed by atoms with van der Waals surface area (Å²) >= 11 is 0. The largest absolute Gasteiger partial charge is 0.320 e. The van der Waals surface area contributed by atoms with Crippen molar-refractivity contribution in [1.82, 2.24) is 9.29 Å². The zero-order chi connectivity index (χ0) is 23.4. The van der Waals surface area contributed by atoms with Gasteiger partial charge in [0.05, 0.1) is 16.3 Å².